The number of nitriles is 1. The van der Waals surface area contributed by atoms with Gasteiger partial charge < -0.3 is 44.1 Å². The number of nitrogens with one attached hydrogen (secondary N) is 2. The van der Waals surface area contributed by atoms with E-state index in [1.165, 1.54) is 29.8 Å². The number of nitrogens with zero attached hydrogens (tertiary/aromatic N) is 3. The van der Waals surface area contributed by atoms with Gasteiger partial charge in [0.25, 0.3) is 0 Å². The number of carbonyl (C=O) groups is 2. The van der Waals surface area contributed by atoms with Crippen molar-refractivity contribution < 1.29 is 74.7 Å². The van der Waals surface area contributed by atoms with Crippen molar-refractivity contribution in [3.63, 3.8) is 0 Å². The summed E-state index contributed by atoms with van der Waals surface area (Å²) in [5, 5.41) is 42.8. The van der Waals surface area contributed by atoms with Crippen molar-refractivity contribution in [1.29, 1.82) is 5.26 Å². The van der Waals surface area contributed by atoms with Gasteiger partial charge in [0.05, 0.1) is 47.4 Å². The van der Waals surface area contributed by atoms with E-state index in [2.05, 4.69) is 85.5 Å². The van der Waals surface area contributed by atoms with Crippen LogP contribution < -0.4 is 15.5 Å². The second-order valence-corrected chi connectivity index (χ2v) is 21.8. The number of alkyl halides is 6. The average Bonchev–Trinajstić information content (AvgIpc) is 3.45. The van der Waals surface area contributed by atoms with Crippen LogP contribution in [0.3, 0.4) is 0 Å². The first kappa shape index (κ1) is 62.5. The molecule has 0 radical (unpaired) electrons. The zero-order valence-electron chi connectivity index (χ0n) is 46.8. The van der Waals surface area contributed by atoms with Crippen molar-refractivity contribution in [2.45, 2.75) is 141 Å². The Kier molecular flexibility index (Phi) is 20.2. The number of esters is 1. The summed E-state index contributed by atoms with van der Waals surface area (Å²) in [5.74, 6) is -2.64. The van der Waals surface area contributed by atoms with Crippen molar-refractivity contribution in [3.8, 4) is 11.8 Å². The van der Waals surface area contributed by atoms with Gasteiger partial charge in [0, 0.05) is 37.3 Å². The van der Waals surface area contributed by atoms with Gasteiger partial charge >= 0.3 is 24.5 Å². The van der Waals surface area contributed by atoms with E-state index in [1.54, 1.807) is 32.2 Å². The molecule has 0 unspecified atom stereocenters. The average molecular weight is 1150 g/mol. The van der Waals surface area contributed by atoms with Crippen molar-refractivity contribution >= 4 is 29.1 Å². The van der Waals surface area contributed by atoms with Gasteiger partial charge in [-0.05, 0) is 122 Å². The molecule has 1 spiro atoms. The number of allylic oxidation sites excluding steroid dienone is 5. The molecule has 2 amide bonds. The fourth-order valence-electron chi connectivity index (χ4n) is 10.9. The number of anilines is 1. The lowest BCUT2D eigenvalue weighted by molar-refractivity contribution is -0.313. The maximum atomic E-state index is 14.2. The van der Waals surface area contributed by atoms with Crippen LogP contribution in [0.15, 0.2) is 142 Å². The van der Waals surface area contributed by atoms with Crippen molar-refractivity contribution in [2.75, 3.05) is 19.0 Å². The number of rotatable bonds is 9. The molecule has 15 nitrogen and oxygen atoms in total. The number of amides is 2. The number of benzene rings is 3. The number of hydrazone groups is 1. The minimum Gasteiger partial charge on any atom is -0.462 e. The summed E-state index contributed by atoms with van der Waals surface area (Å²) in [6.45, 7) is 14.6. The van der Waals surface area contributed by atoms with Gasteiger partial charge in [-0.3, -0.25) is 4.79 Å². The Morgan fingerprint density at radius 1 is 1.01 bits per heavy atom. The number of carbonyl (C=O) groups excluding carboxylic acids is 2. The van der Waals surface area contributed by atoms with E-state index >= 15 is 0 Å². The summed E-state index contributed by atoms with van der Waals surface area (Å²) >= 11 is 0. The van der Waals surface area contributed by atoms with Gasteiger partial charge in [-0.1, -0.05) is 99.1 Å². The van der Waals surface area contributed by atoms with Crippen molar-refractivity contribution in [2.24, 2.45) is 33.9 Å². The van der Waals surface area contributed by atoms with E-state index in [4.69, 9.17) is 29.0 Å². The first-order valence-electron chi connectivity index (χ1n) is 26.9. The summed E-state index contributed by atoms with van der Waals surface area (Å²) < 4.78 is 106. The zero-order chi connectivity index (χ0) is 59.7. The molecular weight excluding hydrogens is 1080 g/mol. The minimum atomic E-state index is -4.87. The number of hydrogen-bond donors (Lipinski definition) is 4. The van der Waals surface area contributed by atoms with Crippen LogP contribution in [0.2, 0.25) is 0 Å². The number of oxime groups is 1. The van der Waals surface area contributed by atoms with Gasteiger partial charge in [0.2, 0.25) is 0 Å². The number of ether oxygens (including phenoxy) is 5. The molecule has 0 saturated carbocycles. The van der Waals surface area contributed by atoms with Gasteiger partial charge in [-0.15, -0.1) is 13.2 Å². The van der Waals surface area contributed by atoms with E-state index in [0.717, 1.165) is 54.1 Å². The molecule has 0 aromatic heterocycles. The third-order valence-electron chi connectivity index (χ3n) is 14.8. The van der Waals surface area contributed by atoms with Gasteiger partial charge in [0.1, 0.15) is 42.7 Å². The molecule has 21 heteroatoms. The normalized spacial score (nSPS) is 30.2. The summed E-state index contributed by atoms with van der Waals surface area (Å²) in [5.41, 5.74) is 5.13. The first-order valence-corrected chi connectivity index (χ1v) is 26.9. The van der Waals surface area contributed by atoms with Crippen LogP contribution in [-0.4, -0.2) is 95.6 Å². The minimum absolute atomic E-state index is 0.0246. The number of fused-ring (bicyclic) bond motifs is 2. The molecule has 10 atom stereocenters. The molecule has 3 saturated heterocycles. The predicted molar refractivity (Wildman–Crippen MR) is 294 cm³/mol. The molecule has 3 aromatic carbocycles. The number of halogens is 6. The van der Waals surface area contributed by atoms with Gasteiger partial charge in [-0.2, -0.15) is 23.5 Å². The lowest BCUT2D eigenvalue weighted by Gasteiger charge is -2.50. The maximum absolute atomic E-state index is 14.2. The largest absolute Gasteiger partial charge is 0.573 e. The number of aliphatic hydroxyl groups is 2. The smallest absolute Gasteiger partial charge is 0.462 e. The molecule has 82 heavy (non-hydrogen) atoms. The quantitative estimate of drug-likeness (QED) is 0.0522. The molecule has 3 fully saturated rings. The number of hydrogen-bond acceptors (Lipinski definition) is 13. The van der Waals surface area contributed by atoms with E-state index in [9.17, 15) is 46.1 Å². The monoisotopic (exact) mass is 1150 g/mol. The second kappa shape index (κ2) is 26.4. The fraction of sp³-hybridized carbons (Fsp3) is 0.459. The molecule has 4 heterocycles. The van der Waals surface area contributed by atoms with Crippen molar-refractivity contribution in [1.82, 2.24) is 5.43 Å². The highest BCUT2D eigenvalue weighted by atomic mass is 19.4. The standard InChI is InChI=1S/C37H53NO8.C24H16F6N4O2/c1-21(2)14-25(6)33-26(7)31(38-42-8)19-36(46-33)18-29-17-28(45-36)13-12-23(4)15-22(3)10-9-11-27-20-43-34-32(39)24(5)16-30(35(40)44-29)37(27,34)41;25-23(26,27)18-3-1-2-17(13-18)21(12-15-4-6-16(14-31)7-5-15)33-34-22(35)32-19-8-10-20(11-9-19)36-24(28,29)30/h9-12,14,16,21-22,26,28-30,32-34,39,41H,13,15,17-20H2,1-8H3;1-11,13H,12H2,(H2,32,34,35)/b10-9+,23-12+,25-14+,27-11+,38-31-;33-21-/t22-,26-,28+,29-,30-,32+,33+,34+,36-,37+;/m0./s1. The summed E-state index contributed by atoms with van der Waals surface area (Å²) in [4.78, 5) is 31.7. The van der Waals surface area contributed by atoms with Crippen LogP contribution in [0.5, 0.6) is 5.75 Å². The maximum Gasteiger partial charge on any atom is 0.573 e. The van der Waals surface area contributed by atoms with Crippen LogP contribution in [-0.2, 0) is 41.2 Å². The van der Waals surface area contributed by atoms with Crippen LogP contribution in [0.25, 0.3) is 0 Å². The van der Waals surface area contributed by atoms with Crippen LogP contribution in [0.4, 0.5) is 36.8 Å². The van der Waals surface area contributed by atoms with E-state index in [0.29, 0.717) is 53.9 Å². The van der Waals surface area contributed by atoms with Gasteiger partial charge in [0.15, 0.2) is 5.79 Å². The Morgan fingerprint density at radius 2 is 1.73 bits per heavy atom. The molecule has 440 valence electrons. The highest BCUT2D eigenvalue weighted by Gasteiger charge is 2.60. The molecule has 1 aliphatic carbocycles. The SMILES string of the molecule is CO/N=C1/C[C@]2(C[C@@H]3C[C@@H](C/C=C(\C)C[C@@H](C)/C=C/C=C4\CO[C@@H]5[C@H](O)C(C)=C[C@@H](C(=O)O3)[C@]45O)O2)O[C@H](/C(C)=C/C(C)C)[C@H]1C.N#Cc1ccc(C/C(=N/NC(=O)Nc2ccc(OC(F)(F)F)cc2)c2cccc(C(F)(F)F)c2)cc1. The fourth-order valence-corrected chi connectivity index (χ4v) is 10.9. The summed E-state index contributed by atoms with van der Waals surface area (Å²) in [6.07, 6.45) is 1.98. The Hall–Kier alpha value is -7.09. The third-order valence-corrected chi connectivity index (χ3v) is 14.8. The third kappa shape index (κ3) is 15.9. The molecule has 2 bridgehead atoms. The lowest BCUT2D eigenvalue weighted by Crippen LogP contribution is -2.59. The second-order valence-electron chi connectivity index (χ2n) is 21.8. The van der Waals surface area contributed by atoms with Crippen LogP contribution in [0.1, 0.15) is 103 Å². The van der Waals surface area contributed by atoms with Crippen LogP contribution in [0, 0.1) is 35.0 Å². The molecule has 8 rings (SSSR count). The summed E-state index contributed by atoms with van der Waals surface area (Å²) in [7, 11) is 1.55. The molecule has 4 N–H and O–H groups in total. The van der Waals surface area contributed by atoms with E-state index in [-0.39, 0.29) is 54.0 Å². The lowest BCUT2D eigenvalue weighted by atomic mass is 9.71. The van der Waals surface area contributed by atoms with E-state index < -0.39 is 71.5 Å². The predicted octanol–water partition coefficient (Wildman–Crippen LogP) is 12.0. The Bertz CT molecular complexity index is 3040. The molecule has 4 aliphatic heterocycles. The molecular formula is C61H69F6N5O10. The highest BCUT2D eigenvalue weighted by Crippen LogP contribution is 2.48. The number of aliphatic hydroxyl groups excluding tert-OH is 1. The Morgan fingerprint density at radius 3 is 2.39 bits per heavy atom. The Labute approximate surface area is 473 Å². The topological polar surface area (TPSA) is 203 Å². The molecule has 3 aromatic rings. The molecule has 5 aliphatic rings. The zero-order valence-corrected chi connectivity index (χ0v) is 46.8. The van der Waals surface area contributed by atoms with Crippen LogP contribution >= 0.6 is 0 Å². The number of urea groups is 1. The van der Waals surface area contributed by atoms with E-state index in [1.807, 2.05) is 18.2 Å². The first-order chi connectivity index (χ1) is 38.7. The highest BCUT2D eigenvalue weighted by molar-refractivity contribution is 6.03. The van der Waals surface area contributed by atoms with Gasteiger partial charge in [-0.25, -0.2) is 10.2 Å². The van der Waals surface area contributed by atoms with Crippen molar-refractivity contribution in [3.05, 3.63) is 154 Å². The summed E-state index contributed by atoms with van der Waals surface area (Å²) in [6, 6.07) is 16.0. The Balaban J connectivity index is 0.000000244.